The molecule has 0 aromatic heterocycles. The van der Waals surface area contributed by atoms with E-state index in [1.165, 1.54) is 0 Å². The van der Waals surface area contributed by atoms with Crippen molar-refractivity contribution in [3.8, 4) is 11.1 Å². The number of hydrogen-bond donors (Lipinski definition) is 2. The molecule has 3 aromatic rings. The van der Waals surface area contributed by atoms with Gasteiger partial charge in [-0.2, -0.15) is 0 Å². The highest BCUT2D eigenvalue weighted by molar-refractivity contribution is 5.85. The number of ether oxygens (including phenoxy) is 1. The highest BCUT2D eigenvalue weighted by Gasteiger charge is 2.47. The Morgan fingerprint density at radius 1 is 0.865 bits per heavy atom. The van der Waals surface area contributed by atoms with E-state index in [1.807, 2.05) is 77.1 Å². The summed E-state index contributed by atoms with van der Waals surface area (Å²) in [6, 6.07) is 25.6. The van der Waals surface area contributed by atoms with Crippen LogP contribution in [0.15, 0.2) is 78.9 Å². The van der Waals surface area contributed by atoms with Crippen molar-refractivity contribution in [2.24, 2.45) is 5.92 Å². The van der Waals surface area contributed by atoms with Crippen LogP contribution in [-0.4, -0.2) is 34.6 Å². The number of fused-ring (bicyclic) bond motifs is 3. The molecule has 3 aromatic carbocycles. The van der Waals surface area contributed by atoms with Crippen LogP contribution in [0.2, 0.25) is 0 Å². The van der Waals surface area contributed by atoms with E-state index in [2.05, 4.69) is 41.7 Å². The van der Waals surface area contributed by atoms with E-state index in [4.69, 9.17) is 4.74 Å². The quantitative estimate of drug-likeness (QED) is 0.374. The van der Waals surface area contributed by atoms with Crippen molar-refractivity contribution in [3.63, 3.8) is 0 Å². The zero-order valence-corrected chi connectivity index (χ0v) is 22.3. The molecule has 0 unspecified atom stereocenters. The van der Waals surface area contributed by atoms with E-state index in [0.717, 1.165) is 27.8 Å². The van der Waals surface area contributed by atoms with Gasteiger partial charge in [0, 0.05) is 12.3 Å². The molecule has 2 atom stereocenters. The number of rotatable bonds is 9. The number of carbonyl (C=O) groups excluding carboxylic acids is 2. The summed E-state index contributed by atoms with van der Waals surface area (Å²) >= 11 is 0. The van der Waals surface area contributed by atoms with Crippen LogP contribution in [0.5, 0.6) is 0 Å². The Morgan fingerprint density at radius 2 is 1.38 bits per heavy atom. The predicted octanol–water partition coefficient (Wildman–Crippen LogP) is 5.63. The summed E-state index contributed by atoms with van der Waals surface area (Å²) < 4.78 is 5.82. The van der Waals surface area contributed by atoms with Crippen molar-refractivity contribution in [2.75, 3.05) is 0 Å². The van der Waals surface area contributed by atoms with Crippen molar-refractivity contribution in [1.29, 1.82) is 0 Å². The zero-order valence-electron chi connectivity index (χ0n) is 22.3. The predicted molar refractivity (Wildman–Crippen MR) is 146 cm³/mol. The van der Waals surface area contributed by atoms with Crippen LogP contribution >= 0.6 is 0 Å². The van der Waals surface area contributed by atoms with Gasteiger partial charge in [-0.05, 0) is 55.0 Å². The maximum atomic E-state index is 13.6. The van der Waals surface area contributed by atoms with Crippen LogP contribution in [-0.2, 0) is 19.9 Å². The fourth-order valence-corrected chi connectivity index (χ4v) is 5.14. The van der Waals surface area contributed by atoms with Crippen LogP contribution in [0.3, 0.4) is 0 Å². The highest BCUT2D eigenvalue weighted by atomic mass is 16.6. The Hall–Kier alpha value is -3.28. The number of benzene rings is 3. The minimum Gasteiger partial charge on any atom is -0.459 e. The van der Waals surface area contributed by atoms with E-state index in [1.54, 1.807) is 0 Å². The van der Waals surface area contributed by atoms with Gasteiger partial charge in [-0.25, -0.2) is 0 Å². The first-order chi connectivity index (χ1) is 17.5. The lowest BCUT2D eigenvalue weighted by atomic mass is 9.79. The first-order valence-corrected chi connectivity index (χ1v) is 13.0. The van der Waals surface area contributed by atoms with Gasteiger partial charge in [0.15, 0.2) is 0 Å². The Bertz CT molecular complexity index is 1210. The summed E-state index contributed by atoms with van der Waals surface area (Å²) in [5.74, 6) is -0.683. The topological polar surface area (TPSA) is 75.6 Å². The van der Waals surface area contributed by atoms with Gasteiger partial charge in [0.25, 0.3) is 0 Å². The second kappa shape index (κ2) is 10.6. The number of carbonyl (C=O) groups is 2. The molecular weight excluding hydrogens is 462 g/mol. The summed E-state index contributed by atoms with van der Waals surface area (Å²) in [7, 11) is 0. The fraction of sp³-hybridized carbons (Fsp3) is 0.375. The number of hydrogen-bond acceptors (Lipinski definition) is 5. The molecule has 1 aliphatic rings. The number of nitrogens with one attached hydrogen (secondary N) is 1. The third-order valence-corrected chi connectivity index (χ3v) is 6.83. The average molecular weight is 500 g/mol. The lowest BCUT2D eigenvalue weighted by molar-refractivity contribution is -0.159. The number of esters is 1. The van der Waals surface area contributed by atoms with Crippen LogP contribution in [0.25, 0.3) is 11.1 Å². The first kappa shape index (κ1) is 26.8. The molecule has 0 aliphatic heterocycles. The van der Waals surface area contributed by atoms with Gasteiger partial charge in [-0.3, -0.25) is 14.9 Å². The van der Waals surface area contributed by atoms with E-state index >= 15 is 0 Å². The van der Waals surface area contributed by atoms with Gasteiger partial charge in [-0.15, -0.1) is 0 Å². The van der Waals surface area contributed by atoms with Crippen molar-refractivity contribution >= 4 is 11.8 Å². The maximum absolute atomic E-state index is 13.6. The molecule has 1 aliphatic carbocycles. The molecule has 0 saturated heterocycles. The molecule has 0 bridgehead atoms. The molecule has 5 nitrogen and oxygen atoms in total. The summed E-state index contributed by atoms with van der Waals surface area (Å²) in [6.45, 7) is 9.11. The summed E-state index contributed by atoms with van der Waals surface area (Å²) in [6.07, 6.45) is -0.948. The number of aliphatic hydroxyl groups is 1. The zero-order chi connectivity index (χ0) is 26.8. The summed E-state index contributed by atoms with van der Waals surface area (Å²) in [5, 5.41) is 14.6. The number of ketones is 1. The van der Waals surface area contributed by atoms with E-state index in [-0.39, 0.29) is 24.5 Å². The van der Waals surface area contributed by atoms with Crippen LogP contribution < -0.4 is 5.32 Å². The Kier molecular flexibility index (Phi) is 7.67. The van der Waals surface area contributed by atoms with Crippen molar-refractivity contribution in [3.05, 3.63) is 95.6 Å². The van der Waals surface area contributed by atoms with Crippen molar-refractivity contribution in [1.82, 2.24) is 5.32 Å². The van der Waals surface area contributed by atoms with Gasteiger partial charge >= 0.3 is 5.97 Å². The van der Waals surface area contributed by atoms with Gasteiger partial charge in [0.2, 0.25) is 0 Å². The molecule has 0 heterocycles. The Balaban J connectivity index is 1.84. The first-order valence-electron chi connectivity index (χ1n) is 13.0. The third-order valence-electron chi connectivity index (χ3n) is 6.83. The van der Waals surface area contributed by atoms with Crippen molar-refractivity contribution < 1.29 is 19.4 Å². The Morgan fingerprint density at radius 3 is 1.89 bits per heavy atom. The van der Waals surface area contributed by atoms with Gasteiger partial charge < -0.3 is 9.84 Å². The van der Waals surface area contributed by atoms with Gasteiger partial charge in [0.05, 0.1) is 11.6 Å². The molecule has 0 spiro atoms. The third kappa shape index (κ3) is 5.53. The van der Waals surface area contributed by atoms with Gasteiger partial charge in [-0.1, -0.05) is 92.7 Å². The molecule has 4 rings (SSSR count). The highest BCUT2D eigenvalue weighted by Crippen LogP contribution is 2.51. The SMILES string of the molecule is CC(C)C(=O)C[C@@H](O)C[C@H](NC1(c2ccccc2)c2ccccc2-c2ccccc21)C(=O)OC(C)(C)C. The molecule has 5 heteroatoms. The number of aliphatic hydroxyl groups excluding tert-OH is 1. The molecule has 0 amide bonds. The summed E-state index contributed by atoms with van der Waals surface area (Å²) in [4.78, 5) is 26.0. The van der Waals surface area contributed by atoms with Crippen LogP contribution in [0, 0.1) is 5.92 Å². The lowest BCUT2D eigenvalue weighted by Crippen LogP contribution is -2.54. The number of Topliss-reactive ketones (excluding diaryl/α,β-unsaturated/α-hetero) is 1. The largest absolute Gasteiger partial charge is 0.459 e. The van der Waals surface area contributed by atoms with Crippen LogP contribution in [0.4, 0.5) is 0 Å². The van der Waals surface area contributed by atoms with E-state index in [0.29, 0.717) is 0 Å². The van der Waals surface area contributed by atoms with E-state index < -0.39 is 29.3 Å². The molecule has 194 valence electrons. The smallest absolute Gasteiger partial charge is 0.323 e. The molecule has 2 N–H and O–H groups in total. The minimum absolute atomic E-state index is 0.00977. The van der Waals surface area contributed by atoms with Crippen LogP contribution in [0.1, 0.15) is 64.2 Å². The second-order valence-electron chi connectivity index (χ2n) is 11.2. The molecule has 0 fully saturated rings. The van der Waals surface area contributed by atoms with Gasteiger partial charge in [0.1, 0.15) is 17.4 Å². The fourth-order valence-electron chi connectivity index (χ4n) is 5.14. The molecular formula is C32H37NO4. The monoisotopic (exact) mass is 499 g/mol. The maximum Gasteiger partial charge on any atom is 0.323 e. The van der Waals surface area contributed by atoms with E-state index in [9.17, 15) is 14.7 Å². The molecule has 37 heavy (non-hydrogen) atoms. The standard InChI is InChI=1S/C32H37NO4/c1-21(2)29(35)20-23(34)19-28(30(36)37-31(3,4)5)33-32(22-13-7-6-8-14-22)26-17-11-9-15-24(26)25-16-10-12-18-27(25)32/h6-18,21,23,28,33-34H,19-20H2,1-5H3/t23-,28-/m0/s1. The molecule has 0 radical (unpaired) electrons. The average Bonchev–Trinajstić information content (AvgIpc) is 3.14. The normalized spacial score (nSPS) is 15.5. The molecule has 0 saturated carbocycles. The Labute approximate surface area is 219 Å². The van der Waals surface area contributed by atoms with Crippen molar-refractivity contribution in [2.45, 2.75) is 70.7 Å². The lowest BCUT2D eigenvalue weighted by Gasteiger charge is -2.38. The second-order valence-corrected chi connectivity index (χ2v) is 11.2. The minimum atomic E-state index is -0.986. The summed E-state index contributed by atoms with van der Waals surface area (Å²) in [5.41, 5.74) is 3.67.